The Balaban J connectivity index is 1.42. The zero-order chi connectivity index (χ0) is 25.4. The van der Waals surface area contributed by atoms with E-state index in [4.69, 9.17) is 5.10 Å². The van der Waals surface area contributed by atoms with E-state index in [1.165, 1.54) is 6.07 Å². The second kappa shape index (κ2) is 9.16. The van der Waals surface area contributed by atoms with Crippen molar-refractivity contribution in [3.8, 4) is 50.8 Å². The molecule has 2 aliphatic rings. The van der Waals surface area contributed by atoms with Crippen LogP contribution in [0.25, 0.3) is 45.0 Å². The number of aromatic hydroxyl groups is 1. The predicted molar refractivity (Wildman–Crippen MR) is 141 cm³/mol. The number of benzene rings is 4. The van der Waals surface area contributed by atoms with E-state index in [2.05, 4.69) is 20.6 Å². The Kier molecular flexibility index (Phi) is 5.54. The van der Waals surface area contributed by atoms with Crippen molar-refractivity contribution in [1.82, 2.24) is 30.4 Å². The van der Waals surface area contributed by atoms with Crippen molar-refractivity contribution in [2.24, 2.45) is 0 Å². The lowest BCUT2D eigenvalue weighted by Crippen LogP contribution is -2.17. The van der Waals surface area contributed by atoms with Gasteiger partial charge in [-0.25, -0.2) is 5.10 Å². The lowest BCUT2D eigenvalue weighted by molar-refractivity contribution is 0.469. The first-order valence-electron chi connectivity index (χ1n) is 11.8. The number of aryl methyl sites for hydroxylation is 1. The van der Waals surface area contributed by atoms with E-state index >= 15 is 0 Å². The minimum absolute atomic E-state index is 0.101. The standard InChI is InChI=1S/C29H22N6O2/c1-18-15-24-26(25(36)16-18)28(37)27(21-7-3-2-4-8-21)32-35(24)17-19-11-13-20(14-12-19)22-9-5-6-10-23(22)29-30-33-34-31-29/h2-16,37H,17H2,1H3,(H,30,31,33,34). The normalized spacial score (nSPS) is 11.2. The maximum atomic E-state index is 12.9. The number of aromatic amines is 1. The van der Waals surface area contributed by atoms with Gasteiger partial charge in [-0.15, -0.1) is 5.10 Å². The highest BCUT2D eigenvalue weighted by molar-refractivity contribution is 5.81. The predicted octanol–water partition coefficient (Wildman–Crippen LogP) is 4.92. The molecule has 0 spiro atoms. The number of nitrogens with one attached hydrogen (secondary N) is 1. The Bertz CT molecular complexity index is 1730. The molecule has 0 unspecified atom stereocenters. The lowest BCUT2D eigenvalue weighted by Gasteiger charge is -2.19. The molecule has 37 heavy (non-hydrogen) atoms. The highest BCUT2D eigenvalue weighted by Crippen LogP contribution is 2.36. The molecule has 1 aliphatic heterocycles. The van der Waals surface area contributed by atoms with Crippen LogP contribution in [0.3, 0.4) is 0 Å². The molecule has 0 fully saturated rings. The minimum Gasteiger partial charge on any atom is -0.505 e. The van der Waals surface area contributed by atoms with Crippen molar-refractivity contribution >= 4 is 0 Å². The molecule has 3 aromatic carbocycles. The lowest BCUT2D eigenvalue weighted by atomic mass is 9.98. The molecule has 0 bridgehead atoms. The van der Waals surface area contributed by atoms with E-state index in [9.17, 15) is 9.90 Å². The summed E-state index contributed by atoms with van der Waals surface area (Å²) in [6.07, 6.45) is 0. The van der Waals surface area contributed by atoms with Gasteiger partial charge in [0.2, 0.25) is 0 Å². The minimum atomic E-state index is -0.227. The molecule has 0 saturated carbocycles. The molecule has 180 valence electrons. The molecule has 8 heteroatoms. The van der Waals surface area contributed by atoms with Crippen LogP contribution >= 0.6 is 0 Å². The molecule has 2 heterocycles. The first kappa shape index (κ1) is 22.4. The fraction of sp³-hybridized carbons (Fsp3) is 0.0690. The number of hydrogen-bond donors (Lipinski definition) is 2. The average Bonchev–Trinajstić information content (AvgIpc) is 3.46. The summed E-state index contributed by atoms with van der Waals surface area (Å²) >= 11 is 0. The summed E-state index contributed by atoms with van der Waals surface area (Å²) in [6.45, 7) is 2.29. The molecular formula is C29H22N6O2. The van der Waals surface area contributed by atoms with Crippen LogP contribution < -0.4 is 5.43 Å². The number of fused-ring (bicyclic) bond motifs is 1. The SMILES string of the molecule is Cc1cc2n(Cc3ccc(-c4ccccc4-c4nnn[nH]4)cc3)nc(-c3ccccc3)c(O)c-2c(=O)c1. The first-order chi connectivity index (χ1) is 18.1. The van der Waals surface area contributed by atoms with Crippen LogP contribution in [-0.2, 0) is 6.54 Å². The summed E-state index contributed by atoms with van der Waals surface area (Å²) in [7, 11) is 0. The van der Waals surface area contributed by atoms with Crippen LogP contribution in [0.15, 0.2) is 95.8 Å². The zero-order valence-electron chi connectivity index (χ0n) is 20.0. The molecule has 2 N–H and O–H groups in total. The van der Waals surface area contributed by atoms with Gasteiger partial charge >= 0.3 is 0 Å². The van der Waals surface area contributed by atoms with Crippen molar-refractivity contribution < 1.29 is 5.11 Å². The van der Waals surface area contributed by atoms with Gasteiger partial charge in [0.15, 0.2) is 17.0 Å². The first-order valence-corrected chi connectivity index (χ1v) is 11.8. The number of H-pyrrole nitrogens is 1. The average molecular weight is 487 g/mol. The fourth-order valence-electron chi connectivity index (χ4n) is 4.60. The third-order valence-electron chi connectivity index (χ3n) is 6.36. The van der Waals surface area contributed by atoms with E-state index in [0.29, 0.717) is 23.8 Å². The van der Waals surface area contributed by atoms with Gasteiger partial charge in [0.25, 0.3) is 0 Å². The third kappa shape index (κ3) is 4.14. The van der Waals surface area contributed by atoms with Gasteiger partial charge < -0.3 is 5.11 Å². The van der Waals surface area contributed by atoms with Gasteiger partial charge in [-0.2, -0.15) is 5.10 Å². The van der Waals surface area contributed by atoms with E-state index in [-0.39, 0.29) is 16.7 Å². The highest BCUT2D eigenvalue weighted by Gasteiger charge is 2.22. The Morgan fingerprint density at radius 2 is 1.59 bits per heavy atom. The van der Waals surface area contributed by atoms with Gasteiger partial charge in [0.05, 0.1) is 17.8 Å². The molecule has 8 nitrogen and oxygen atoms in total. The summed E-state index contributed by atoms with van der Waals surface area (Å²) in [5.74, 6) is 0.503. The Hall–Kier alpha value is -5.11. The highest BCUT2D eigenvalue weighted by atomic mass is 16.3. The molecule has 0 atom stereocenters. The van der Waals surface area contributed by atoms with Gasteiger partial charge in [0.1, 0.15) is 5.69 Å². The molecule has 0 amide bonds. The van der Waals surface area contributed by atoms with E-state index in [0.717, 1.165) is 33.4 Å². The Labute approximate surface area is 212 Å². The van der Waals surface area contributed by atoms with E-state index in [1.807, 2.05) is 91.9 Å². The van der Waals surface area contributed by atoms with Crippen molar-refractivity contribution in [2.45, 2.75) is 13.5 Å². The summed E-state index contributed by atoms with van der Waals surface area (Å²) < 4.78 is 1.79. The summed E-state index contributed by atoms with van der Waals surface area (Å²) in [5.41, 5.74) is 6.50. The van der Waals surface area contributed by atoms with Crippen molar-refractivity contribution in [3.05, 3.63) is 112 Å². The van der Waals surface area contributed by atoms with Crippen LogP contribution in [0.4, 0.5) is 0 Å². The van der Waals surface area contributed by atoms with Gasteiger partial charge in [-0.3, -0.25) is 9.48 Å². The maximum Gasteiger partial charge on any atom is 0.192 e. The molecule has 1 aliphatic carbocycles. The second-order valence-electron chi connectivity index (χ2n) is 8.87. The number of rotatable bonds is 5. The summed E-state index contributed by atoms with van der Waals surface area (Å²) in [6, 6.07) is 28.9. The number of aromatic nitrogens is 6. The molecule has 4 aromatic rings. The number of nitrogens with zero attached hydrogens (tertiary/aromatic N) is 5. The third-order valence-corrected chi connectivity index (χ3v) is 6.36. The van der Waals surface area contributed by atoms with Crippen molar-refractivity contribution in [2.75, 3.05) is 0 Å². The van der Waals surface area contributed by atoms with Gasteiger partial charge in [0, 0.05) is 11.1 Å². The Morgan fingerprint density at radius 3 is 2.32 bits per heavy atom. The number of tetrazole rings is 1. The number of hydrogen-bond acceptors (Lipinski definition) is 6. The monoisotopic (exact) mass is 486 g/mol. The van der Waals surface area contributed by atoms with Crippen LogP contribution in [0, 0.1) is 6.92 Å². The van der Waals surface area contributed by atoms with E-state index in [1.54, 1.807) is 4.68 Å². The van der Waals surface area contributed by atoms with Gasteiger partial charge in [-0.1, -0.05) is 78.9 Å². The quantitative estimate of drug-likeness (QED) is 0.358. The second-order valence-corrected chi connectivity index (χ2v) is 8.87. The van der Waals surface area contributed by atoms with Gasteiger partial charge in [-0.05, 0) is 51.7 Å². The molecular weight excluding hydrogens is 464 g/mol. The topological polar surface area (TPSA) is 110 Å². The van der Waals surface area contributed by atoms with E-state index < -0.39 is 0 Å². The fourth-order valence-corrected chi connectivity index (χ4v) is 4.60. The van der Waals surface area contributed by atoms with Crippen LogP contribution in [0.5, 0.6) is 5.75 Å². The summed E-state index contributed by atoms with van der Waals surface area (Å²) in [5, 5.41) is 30.1. The maximum absolute atomic E-state index is 12.9. The molecule has 0 radical (unpaired) electrons. The van der Waals surface area contributed by atoms with Crippen molar-refractivity contribution in [1.29, 1.82) is 0 Å². The molecule has 6 rings (SSSR count). The zero-order valence-corrected chi connectivity index (χ0v) is 20.0. The largest absolute Gasteiger partial charge is 0.505 e. The Morgan fingerprint density at radius 1 is 0.865 bits per heavy atom. The van der Waals surface area contributed by atoms with Crippen LogP contribution in [-0.4, -0.2) is 35.5 Å². The summed E-state index contributed by atoms with van der Waals surface area (Å²) in [4.78, 5) is 12.9. The van der Waals surface area contributed by atoms with Crippen LogP contribution in [0.1, 0.15) is 11.1 Å². The van der Waals surface area contributed by atoms with Crippen LogP contribution in [0.2, 0.25) is 0 Å². The molecule has 0 saturated heterocycles. The molecule has 1 aromatic heterocycles. The smallest absolute Gasteiger partial charge is 0.192 e. The van der Waals surface area contributed by atoms with Crippen molar-refractivity contribution in [3.63, 3.8) is 0 Å².